The minimum Gasteiger partial charge on any atom is -0.466 e. The Morgan fingerprint density at radius 1 is 1.14 bits per heavy atom. The molecule has 148 valence electrons. The van der Waals surface area contributed by atoms with E-state index in [9.17, 15) is 4.79 Å². The summed E-state index contributed by atoms with van der Waals surface area (Å²) in [4.78, 5) is 21.6. The number of rotatable bonds is 6. The van der Waals surface area contributed by atoms with Gasteiger partial charge in [0.1, 0.15) is 17.1 Å². The zero-order valence-electron chi connectivity index (χ0n) is 16.4. The molecule has 3 heterocycles. The summed E-state index contributed by atoms with van der Waals surface area (Å²) in [5.41, 5.74) is 2.48. The monoisotopic (exact) mass is 407 g/mol. The third-order valence-electron chi connectivity index (χ3n) is 4.69. The molecule has 0 saturated heterocycles. The molecule has 0 aliphatic carbocycles. The van der Waals surface area contributed by atoms with Crippen LogP contribution < -0.4 is 5.32 Å². The lowest BCUT2D eigenvalue weighted by Crippen LogP contribution is -2.27. The first-order valence-electron chi connectivity index (χ1n) is 9.31. The topological polar surface area (TPSA) is 81.2 Å². The molecule has 6 nitrogen and oxygen atoms in total. The quantitative estimate of drug-likeness (QED) is 0.349. The molecule has 1 amide bonds. The van der Waals surface area contributed by atoms with Crippen molar-refractivity contribution in [2.75, 3.05) is 0 Å². The second-order valence-electron chi connectivity index (χ2n) is 6.79. The Morgan fingerprint density at radius 2 is 1.90 bits per heavy atom. The molecule has 1 N–H and O–H groups in total. The highest BCUT2D eigenvalue weighted by Crippen LogP contribution is 2.31. The zero-order valence-corrected chi connectivity index (χ0v) is 17.2. The number of aryl methyl sites for hydroxylation is 2. The summed E-state index contributed by atoms with van der Waals surface area (Å²) in [6, 6.07) is 11.2. The molecule has 4 rings (SSSR count). The van der Waals surface area contributed by atoms with Gasteiger partial charge in [0, 0.05) is 34.7 Å². The van der Waals surface area contributed by atoms with Crippen molar-refractivity contribution in [2.45, 2.75) is 37.7 Å². The van der Waals surface area contributed by atoms with Gasteiger partial charge in [-0.15, -0.1) is 0 Å². The molecule has 0 fully saturated rings. The third kappa shape index (κ3) is 4.05. The Kier molecular flexibility index (Phi) is 5.40. The average Bonchev–Trinajstić information content (AvgIpc) is 3.26. The van der Waals surface area contributed by atoms with Crippen LogP contribution in [0.4, 0.5) is 0 Å². The standard InChI is InChI=1S/C22H21N3O3S/c1-13-11-17(15(3)27-13)14(2)25-21(26)20-18(12-29-22-23-9-6-10-24-22)16-7-4-5-8-19(16)28-20/h4-11,14H,12H2,1-3H3,(H,25,26). The summed E-state index contributed by atoms with van der Waals surface area (Å²) in [5.74, 6) is 2.22. The number of amides is 1. The first kappa shape index (κ1) is 19.3. The van der Waals surface area contributed by atoms with Crippen LogP contribution in [0.15, 0.2) is 62.8 Å². The van der Waals surface area contributed by atoms with Crippen LogP contribution in [0.3, 0.4) is 0 Å². The second kappa shape index (κ2) is 8.13. The highest BCUT2D eigenvalue weighted by atomic mass is 32.2. The van der Waals surface area contributed by atoms with Crippen molar-refractivity contribution in [3.63, 3.8) is 0 Å². The number of carbonyl (C=O) groups is 1. The van der Waals surface area contributed by atoms with Crippen molar-refractivity contribution in [1.82, 2.24) is 15.3 Å². The van der Waals surface area contributed by atoms with Crippen LogP contribution in [0.1, 0.15) is 46.2 Å². The molecule has 0 aliphatic rings. The zero-order chi connectivity index (χ0) is 20.4. The number of aromatic nitrogens is 2. The fourth-order valence-corrected chi connectivity index (χ4v) is 4.17. The van der Waals surface area contributed by atoms with Crippen molar-refractivity contribution in [2.24, 2.45) is 0 Å². The minimum absolute atomic E-state index is 0.203. The molecular weight excluding hydrogens is 386 g/mol. The Hall–Kier alpha value is -3.06. The maximum Gasteiger partial charge on any atom is 0.287 e. The highest BCUT2D eigenvalue weighted by Gasteiger charge is 2.23. The first-order chi connectivity index (χ1) is 14.0. The maximum absolute atomic E-state index is 13.1. The SMILES string of the molecule is Cc1cc(C(C)NC(=O)c2oc3ccccc3c2CSc2ncccn2)c(C)o1. The van der Waals surface area contributed by atoms with Crippen molar-refractivity contribution in [3.8, 4) is 0 Å². The molecule has 29 heavy (non-hydrogen) atoms. The van der Waals surface area contributed by atoms with E-state index in [1.165, 1.54) is 11.8 Å². The number of nitrogens with zero attached hydrogens (tertiary/aromatic N) is 2. The number of carbonyl (C=O) groups excluding carboxylic acids is 1. The van der Waals surface area contributed by atoms with Crippen molar-refractivity contribution in [1.29, 1.82) is 0 Å². The fraction of sp³-hybridized carbons (Fsp3) is 0.227. The molecule has 0 spiro atoms. The number of hydrogen-bond acceptors (Lipinski definition) is 6. The number of para-hydroxylation sites is 1. The fourth-order valence-electron chi connectivity index (χ4n) is 3.34. The van der Waals surface area contributed by atoms with Crippen molar-refractivity contribution < 1.29 is 13.6 Å². The number of hydrogen-bond donors (Lipinski definition) is 1. The van der Waals surface area contributed by atoms with Crippen LogP contribution in [0, 0.1) is 13.8 Å². The van der Waals surface area contributed by atoms with E-state index in [1.54, 1.807) is 18.5 Å². The van der Waals surface area contributed by atoms with E-state index >= 15 is 0 Å². The van der Waals surface area contributed by atoms with Gasteiger partial charge in [-0.1, -0.05) is 30.0 Å². The molecule has 7 heteroatoms. The number of nitrogens with one attached hydrogen (secondary N) is 1. The molecule has 3 aromatic heterocycles. The highest BCUT2D eigenvalue weighted by molar-refractivity contribution is 7.98. The third-order valence-corrected chi connectivity index (χ3v) is 5.59. The Balaban J connectivity index is 1.61. The molecule has 4 aromatic rings. The Labute approximate surface area is 172 Å². The maximum atomic E-state index is 13.1. The van der Waals surface area contributed by atoms with Gasteiger partial charge < -0.3 is 14.2 Å². The van der Waals surface area contributed by atoms with Crippen LogP contribution in [0.25, 0.3) is 11.0 Å². The van der Waals surface area contributed by atoms with E-state index in [4.69, 9.17) is 8.83 Å². The van der Waals surface area contributed by atoms with E-state index in [-0.39, 0.29) is 11.9 Å². The van der Waals surface area contributed by atoms with Crippen molar-refractivity contribution >= 4 is 28.6 Å². The van der Waals surface area contributed by atoms with Gasteiger partial charge in [-0.2, -0.15) is 0 Å². The van der Waals surface area contributed by atoms with E-state index in [1.807, 2.05) is 51.1 Å². The van der Waals surface area contributed by atoms with Gasteiger partial charge >= 0.3 is 0 Å². The molecule has 0 aliphatic heterocycles. The van der Waals surface area contributed by atoms with E-state index in [2.05, 4.69) is 15.3 Å². The van der Waals surface area contributed by atoms with Crippen LogP contribution >= 0.6 is 11.8 Å². The van der Waals surface area contributed by atoms with Crippen LogP contribution in [-0.4, -0.2) is 15.9 Å². The lowest BCUT2D eigenvalue weighted by atomic mass is 10.1. The number of fused-ring (bicyclic) bond motifs is 1. The van der Waals surface area contributed by atoms with Crippen LogP contribution in [-0.2, 0) is 5.75 Å². The summed E-state index contributed by atoms with van der Waals surface area (Å²) in [7, 11) is 0. The van der Waals surface area contributed by atoms with E-state index in [0.717, 1.165) is 28.0 Å². The summed E-state index contributed by atoms with van der Waals surface area (Å²) in [6.45, 7) is 5.73. The summed E-state index contributed by atoms with van der Waals surface area (Å²) in [5, 5.41) is 4.61. The van der Waals surface area contributed by atoms with E-state index in [0.29, 0.717) is 22.3 Å². The lowest BCUT2D eigenvalue weighted by molar-refractivity contribution is 0.0913. The van der Waals surface area contributed by atoms with Gasteiger partial charge in [-0.3, -0.25) is 4.79 Å². The normalized spacial score (nSPS) is 12.2. The number of benzene rings is 1. The molecule has 1 unspecified atom stereocenters. The largest absolute Gasteiger partial charge is 0.466 e. The summed E-state index contributed by atoms with van der Waals surface area (Å²) < 4.78 is 11.5. The van der Waals surface area contributed by atoms with E-state index < -0.39 is 0 Å². The predicted octanol–water partition coefficient (Wildman–Crippen LogP) is 5.22. The lowest BCUT2D eigenvalue weighted by Gasteiger charge is -2.13. The molecule has 1 aromatic carbocycles. The van der Waals surface area contributed by atoms with Crippen LogP contribution in [0.2, 0.25) is 0 Å². The average molecular weight is 407 g/mol. The van der Waals surface area contributed by atoms with Gasteiger partial charge in [0.25, 0.3) is 5.91 Å². The van der Waals surface area contributed by atoms with Crippen LogP contribution in [0.5, 0.6) is 0 Å². The molecule has 0 saturated carbocycles. The molecule has 0 bridgehead atoms. The second-order valence-corrected chi connectivity index (χ2v) is 7.73. The first-order valence-corrected chi connectivity index (χ1v) is 10.3. The smallest absolute Gasteiger partial charge is 0.287 e. The molecule has 1 atom stereocenters. The number of furan rings is 2. The van der Waals surface area contributed by atoms with Gasteiger partial charge in [0.15, 0.2) is 10.9 Å². The summed E-state index contributed by atoms with van der Waals surface area (Å²) >= 11 is 1.47. The van der Waals surface area contributed by atoms with Gasteiger partial charge in [-0.05, 0) is 39.0 Å². The molecular formula is C22H21N3O3S. The van der Waals surface area contributed by atoms with Gasteiger partial charge in [0.2, 0.25) is 0 Å². The van der Waals surface area contributed by atoms with Gasteiger partial charge in [0.05, 0.1) is 6.04 Å². The summed E-state index contributed by atoms with van der Waals surface area (Å²) in [6.07, 6.45) is 3.40. The Morgan fingerprint density at radius 3 is 2.62 bits per heavy atom. The number of thioether (sulfide) groups is 1. The van der Waals surface area contributed by atoms with Crippen molar-refractivity contribution in [3.05, 3.63) is 77.2 Å². The Bertz CT molecular complexity index is 1150. The minimum atomic E-state index is -0.253. The predicted molar refractivity (Wildman–Crippen MR) is 112 cm³/mol. The van der Waals surface area contributed by atoms with Gasteiger partial charge in [-0.25, -0.2) is 9.97 Å². The molecule has 0 radical (unpaired) electrons.